The second-order valence-corrected chi connectivity index (χ2v) is 7.05. The van der Waals surface area contributed by atoms with Gasteiger partial charge in [0, 0.05) is 19.1 Å². The maximum atomic E-state index is 12.5. The summed E-state index contributed by atoms with van der Waals surface area (Å²) in [6.45, 7) is 6.16. The van der Waals surface area contributed by atoms with Crippen molar-refractivity contribution in [3.8, 4) is 0 Å². The second-order valence-electron chi connectivity index (χ2n) is 7.05. The lowest BCUT2D eigenvalue weighted by atomic mass is 9.96. The summed E-state index contributed by atoms with van der Waals surface area (Å²) < 4.78 is 0. The molecule has 1 amide bonds. The number of nitrogens with one attached hydrogen (secondary N) is 1. The number of rotatable bonds is 5. The number of benzene rings is 1. The highest BCUT2D eigenvalue weighted by molar-refractivity contribution is 5.82. The highest BCUT2D eigenvalue weighted by atomic mass is 16.2. The van der Waals surface area contributed by atoms with Crippen molar-refractivity contribution in [2.24, 2.45) is 0 Å². The lowest BCUT2D eigenvalue weighted by Crippen LogP contribution is -2.59. The molecule has 1 saturated heterocycles. The molecule has 1 saturated carbocycles. The van der Waals surface area contributed by atoms with E-state index in [0.717, 1.165) is 13.0 Å². The van der Waals surface area contributed by atoms with E-state index in [1.165, 1.54) is 36.8 Å². The number of likely N-dealkylation sites (tertiary alicyclic amines) is 1. The maximum Gasteiger partial charge on any atom is 0.237 e. The lowest BCUT2D eigenvalue weighted by Gasteiger charge is -2.43. The van der Waals surface area contributed by atoms with Gasteiger partial charge in [0.05, 0.1) is 6.04 Å². The summed E-state index contributed by atoms with van der Waals surface area (Å²) >= 11 is 0. The fourth-order valence-electron chi connectivity index (χ4n) is 3.92. The van der Waals surface area contributed by atoms with Gasteiger partial charge >= 0.3 is 0 Å². The van der Waals surface area contributed by atoms with Crippen LogP contribution in [0.25, 0.3) is 0 Å². The Morgan fingerprint density at radius 2 is 1.95 bits per heavy atom. The summed E-state index contributed by atoms with van der Waals surface area (Å²) in [5.74, 6) is 0.712. The van der Waals surface area contributed by atoms with Crippen molar-refractivity contribution in [3.05, 3.63) is 35.4 Å². The van der Waals surface area contributed by atoms with E-state index in [1.807, 2.05) is 0 Å². The fourth-order valence-corrected chi connectivity index (χ4v) is 3.92. The maximum absolute atomic E-state index is 12.5. The molecule has 0 aromatic heterocycles. The van der Waals surface area contributed by atoms with Crippen LogP contribution in [0.5, 0.6) is 0 Å². The number of carbonyl (C=O) groups excluding carboxylic acids is 1. The van der Waals surface area contributed by atoms with Crippen LogP contribution in [-0.2, 0) is 11.3 Å². The van der Waals surface area contributed by atoms with E-state index >= 15 is 0 Å². The third-order valence-corrected chi connectivity index (χ3v) is 5.29. The van der Waals surface area contributed by atoms with E-state index in [0.29, 0.717) is 18.5 Å². The van der Waals surface area contributed by atoms with Gasteiger partial charge in [-0.1, -0.05) is 51.0 Å². The van der Waals surface area contributed by atoms with Crippen molar-refractivity contribution >= 4 is 5.91 Å². The van der Waals surface area contributed by atoms with Gasteiger partial charge < -0.3 is 5.32 Å². The number of hydrogen-bond acceptors (Lipinski definition) is 2. The molecular formula is C19H28N2O. The van der Waals surface area contributed by atoms with Gasteiger partial charge in [0.2, 0.25) is 5.91 Å². The third kappa shape index (κ3) is 3.19. The van der Waals surface area contributed by atoms with Crippen molar-refractivity contribution in [1.29, 1.82) is 0 Å². The van der Waals surface area contributed by atoms with E-state index in [4.69, 9.17) is 0 Å². The average Bonchev–Trinajstić information content (AvgIpc) is 2.97. The van der Waals surface area contributed by atoms with Crippen molar-refractivity contribution < 1.29 is 4.79 Å². The summed E-state index contributed by atoms with van der Waals surface area (Å²) in [4.78, 5) is 14.9. The summed E-state index contributed by atoms with van der Waals surface area (Å²) in [5.41, 5.74) is 2.58. The van der Waals surface area contributed by atoms with E-state index in [9.17, 15) is 4.79 Å². The number of carbonyl (C=O) groups is 1. The molecule has 1 heterocycles. The average molecular weight is 300 g/mol. The lowest BCUT2D eigenvalue weighted by molar-refractivity contribution is -0.132. The minimum absolute atomic E-state index is 0.120. The van der Waals surface area contributed by atoms with Crippen molar-refractivity contribution in [1.82, 2.24) is 10.2 Å². The normalized spacial score (nSPS) is 22.8. The number of amides is 1. The minimum atomic E-state index is 0.120. The van der Waals surface area contributed by atoms with Crippen LogP contribution in [0.4, 0.5) is 0 Å². The fraction of sp³-hybridized carbons (Fsp3) is 0.632. The van der Waals surface area contributed by atoms with Crippen LogP contribution in [0.1, 0.15) is 63.0 Å². The second kappa shape index (κ2) is 6.82. The summed E-state index contributed by atoms with van der Waals surface area (Å²) in [7, 11) is 0. The molecule has 1 N–H and O–H groups in total. The Labute approximate surface area is 134 Å². The Balaban J connectivity index is 1.56. The monoisotopic (exact) mass is 300 g/mol. The van der Waals surface area contributed by atoms with Gasteiger partial charge in [-0.15, -0.1) is 0 Å². The first-order valence-corrected chi connectivity index (χ1v) is 8.78. The van der Waals surface area contributed by atoms with Gasteiger partial charge in [-0.3, -0.25) is 9.69 Å². The van der Waals surface area contributed by atoms with Crippen molar-refractivity contribution in [2.75, 3.05) is 6.54 Å². The number of nitrogens with zero attached hydrogens (tertiary/aromatic N) is 1. The molecule has 1 aliphatic heterocycles. The van der Waals surface area contributed by atoms with Gasteiger partial charge in [0.15, 0.2) is 0 Å². The molecule has 2 aliphatic rings. The molecule has 3 heteroatoms. The van der Waals surface area contributed by atoms with E-state index < -0.39 is 0 Å². The quantitative estimate of drug-likeness (QED) is 0.903. The summed E-state index contributed by atoms with van der Waals surface area (Å²) in [5, 5.41) is 3.17. The van der Waals surface area contributed by atoms with E-state index in [-0.39, 0.29) is 11.9 Å². The van der Waals surface area contributed by atoms with Crippen LogP contribution in [0.15, 0.2) is 24.3 Å². The Kier molecular flexibility index (Phi) is 4.82. The molecule has 0 bridgehead atoms. The molecule has 1 aromatic rings. The zero-order valence-corrected chi connectivity index (χ0v) is 13.8. The largest absolute Gasteiger partial charge is 0.351 e. The molecule has 120 valence electrons. The Bertz CT molecular complexity index is 520. The SMILES string of the molecule is CC(C)c1ccccc1CNC(=O)C1CCN1C1CCCC1. The summed E-state index contributed by atoms with van der Waals surface area (Å²) in [6, 6.07) is 9.21. The Hall–Kier alpha value is -1.35. The smallest absolute Gasteiger partial charge is 0.237 e. The van der Waals surface area contributed by atoms with Gasteiger partial charge in [0.1, 0.15) is 0 Å². The van der Waals surface area contributed by atoms with Crippen LogP contribution in [-0.4, -0.2) is 29.4 Å². The first-order valence-electron chi connectivity index (χ1n) is 8.78. The van der Waals surface area contributed by atoms with Crippen molar-refractivity contribution in [3.63, 3.8) is 0 Å². The molecule has 0 radical (unpaired) electrons. The van der Waals surface area contributed by atoms with Gasteiger partial charge in [-0.25, -0.2) is 0 Å². The van der Waals surface area contributed by atoms with Crippen LogP contribution < -0.4 is 5.32 Å². The highest BCUT2D eigenvalue weighted by Crippen LogP contribution is 2.31. The minimum Gasteiger partial charge on any atom is -0.351 e. The molecule has 22 heavy (non-hydrogen) atoms. The van der Waals surface area contributed by atoms with Crippen LogP contribution in [0.3, 0.4) is 0 Å². The molecule has 1 atom stereocenters. The Morgan fingerprint density at radius 3 is 2.59 bits per heavy atom. The third-order valence-electron chi connectivity index (χ3n) is 5.29. The highest BCUT2D eigenvalue weighted by Gasteiger charge is 2.39. The molecule has 1 aromatic carbocycles. The molecule has 1 unspecified atom stereocenters. The topological polar surface area (TPSA) is 32.3 Å². The molecular weight excluding hydrogens is 272 g/mol. The van der Waals surface area contributed by atoms with Crippen LogP contribution in [0.2, 0.25) is 0 Å². The molecule has 0 spiro atoms. The van der Waals surface area contributed by atoms with Crippen LogP contribution in [0, 0.1) is 0 Å². The zero-order chi connectivity index (χ0) is 15.5. The molecule has 1 aliphatic carbocycles. The van der Waals surface area contributed by atoms with Gasteiger partial charge in [-0.2, -0.15) is 0 Å². The van der Waals surface area contributed by atoms with E-state index in [2.05, 4.69) is 48.3 Å². The predicted molar refractivity (Wildman–Crippen MR) is 89.7 cm³/mol. The van der Waals surface area contributed by atoms with Crippen molar-refractivity contribution in [2.45, 2.75) is 70.5 Å². The molecule has 3 nitrogen and oxygen atoms in total. The standard InChI is InChI=1S/C19H28N2O/c1-14(2)17-10-6-3-7-15(17)13-20-19(22)18-11-12-21(18)16-8-4-5-9-16/h3,6-7,10,14,16,18H,4-5,8-9,11-13H2,1-2H3,(H,20,22). The first kappa shape index (κ1) is 15.5. The van der Waals surface area contributed by atoms with Crippen LogP contribution >= 0.6 is 0 Å². The van der Waals surface area contributed by atoms with Gasteiger partial charge in [-0.05, 0) is 36.3 Å². The number of hydrogen-bond donors (Lipinski definition) is 1. The molecule has 2 fully saturated rings. The Morgan fingerprint density at radius 1 is 1.23 bits per heavy atom. The van der Waals surface area contributed by atoms with Gasteiger partial charge in [0.25, 0.3) is 0 Å². The summed E-state index contributed by atoms with van der Waals surface area (Å²) in [6.07, 6.45) is 6.24. The predicted octanol–water partition coefficient (Wildman–Crippen LogP) is 3.44. The van der Waals surface area contributed by atoms with E-state index in [1.54, 1.807) is 0 Å². The molecule has 3 rings (SSSR count). The first-order chi connectivity index (χ1) is 10.7. The zero-order valence-electron chi connectivity index (χ0n) is 13.8.